The zero-order chi connectivity index (χ0) is 14.9. The molecule has 0 spiro atoms. The number of rotatable bonds is 2. The minimum absolute atomic E-state index is 0.0344. The van der Waals surface area contributed by atoms with Crippen molar-refractivity contribution in [3.05, 3.63) is 45.0 Å². The highest BCUT2D eigenvalue weighted by molar-refractivity contribution is 6.48. The molecule has 0 unspecified atom stereocenters. The molecule has 0 atom stereocenters. The van der Waals surface area contributed by atoms with Crippen LogP contribution in [-0.4, -0.2) is 18.1 Å². The van der Waals surface area contributed by atoms with Crippen LogP contribution in [0.25, 0.3) is 11.3 Å². The molecular formula is C13H9Cl3N2O2. The summed E-state index contributed by atoms with van der Waals surface area (Å²) in [5, 5.41) is 0.862. The number of esters is 1. The van der Waals surface area contributed by atoms with Gasteiger partial charge in [0, 0.05) is 5.56 Å². The van der Waals surface area contributed by atoms with Crippen LogP contribution >= 0.6 is 34.8 Å². The summed E-state index contributed by atoms with van der Waals surface area (Å²) in [5.74, 6) is -0.615. The molecule has 0 saturated heterocycles. The van der Waals surface area contributed by atoms with Crippen LogP contribution in [0.2, 0.25) is 15.1 Å². The fourth-order valence-electron chi connectivity index (χ4n) is 1.59. The molecule has 1 aromatic carbocycles. The number of methoxy groups -OCH3 is 1. The van der Waals surface area contributed by atoms with Crippen molar-refractivity contribution >= 4 is 46.5 Å². The number of benzene rings is 1. The number of carbonyl (C=O) groups excluding carboxylic acids is 1. The molecule has 0 fully saturated rings. The summed E-state index contributed by atoms with van der Waals surface area (Å²) in [6.07, 6.45) is 0. The Labute approximate surface area is 130 Å². The van der Waals surface area contributed by atoms with Gasteiger partial charge in [0.25, 0.3) is 0 Å². The Morgan fingerprint density at radius 2 is 1.80 bits per heavy atom. The van der Waals surface area contributed by atoms with Gasteiger partial charge in [0.15, 0.2) is 5.69 Å². The average Bonchev–Trinajstić information content (AvgIpc) is 2.44. The lowest BCUT2D eigenvalue weighted by Crippen LogP contribution is -2.08. The van der Waals surface area contributed by atoms with E-state index >= 15 is 0 Å². The van der Waals surface area contributed by atoms with E-state index in [0.29, 0.717) is 21.3 Å². The first kappa shape index (κ1) is 14.9. The lowest BCUT2D eigenvalue weighted by molar-refractivity contribution is 0.0595. The Hall–Kier alpha value is -1.49. The Morgan fingerprint density at radius 3 is 2.35 bits per heavy atom. The first-order valence-electron chi connectivity index (χ1n) is 5.43. The number of hydrogen-bond acceptors (Lipinski definition) is 4. The topological polar surface area (TPSA) is 65.2 Å². The molecule has 0 aliphatic rings. The number of anilines is 1. The maximum atomic E-state index is 11.6. The van der Waals surface area contributed by atoms with Gasteiger partial charge in [0.05, 0.1) is 33.6 Å². The Morgan fingerprint density at radius 1 is 1.20 bits per heavy atom. The second-order valence-electron chi connectivity index (χ2n) is 3.88. The van der Waals surface area contributed by atoms with Gasteiger partial charge in [-0.15, -0.1) is 0 Å². The minimum Gasteiger partial charge on any atom is -0.464 e. The highest BCUT2D eigenvalue weighted by Gasteiger charge is 2.15. The highest BCUT2D eigenvalue weighted by Crippen LogP contribution is 2.34. The van der Waals surface area contributed by atoms with Crippen LogP contribution < -0.4 is 5.73 Å². The number of ether oxygens (including phenoxy) is 1. The molecule has 0 aliphatic carbocycles. The van der Waals surface area contributed by atoms with Crippen molar-refractivity contribution in [3.8, 4) is 11.3 Å². The summed E-state index contributed by atoms with van der Waals surface area (Å²) in [4.78, 5) is 15.7. The van der Waals surface area contributed by atoms with Crippen LogP contribution in [0.5, 0.6) is 0 Å². The monoisotopic (exact) mass is 330 g/mol. The number of hydrogen-bond donors (Lipinski definition) is 1. The molecule has 4 nitrogen and oxygen atoms in total. The molecule has 0 amide bonds. The van der Waals surface area contributed by atoms with E-state index < -0.39 is 5.97 Å². The van der Waals surface area contributed by atoms with Gasteiger partial charge in [-0.2, -0.15) is 0 Å². The van der Waals surface area contributed by atoms with Crippen molar-refractivity contribution in [1.82, 2.24) is 4.98 Å². The summed E-state index contributed by atoms with van der Waals surface area (Å²) < 4.78 is 4.62. The van der Waals surface area contributed by atoms with Crippen LogP contribution in [-0.2, 0) is 4.74 Å². The molecular weight excluding hydrogens is 323 g/mol. The molecule has 7 heteroatoms. The number of nitrogen functional groups attached to an aromatic ring is 1. The third-order valence-corrected chi connectivity index (χ3v) is 3.78. The van der Waals surface area contributed by atoms with Crippen molar-refractivity contribution in [1.29, 1.82) is 0 Å². The van der Waals surface area contributed by atoms with E-state index in [1.807, 2.05) is 0 Å². The minimum atomic E-state index is -0.615. The molecule has 0 aliphatic heterocycles. The predicted molar refractivity (Wildman–Crippen MR) is 80.5 cm³/mol. The number of nitrogens with two attached hydrogens (primary N) is 1. The Balaban J connectivity index is 2.56. The second kappa shape index (κ2) is 5.87. The lowest BCUT2D eigenvalue weighted by Gasteiger charge is -2.08. The van der Waals surface area contributed by atoms with Gasteiger partial charge in [-0.05, 0) is 24.3 Å². The van der Waals surface area contributed by atoms with E-state index in [0.717, 1.165) is 0 Å². The van der Waals surface area contributed by atoms with Gasteiger partial charge in [0.1, 0.15) is 0 Å². The number of nitrogens with zero attached hydrogens (tertiary/aromatic N) is 1. The highest BCUT2D eigenvalue weighted by atomic mass is 35.5. The first-order valence-corrected chi connectivity index (χ1v) is 6.57. The van der Waals surface area contributed by atoms with Crippen molar-refractivity contribution in [2.45, 2.75) is 0 Å². The fourth-order valence-corrected chi connectivity index (χ4v) is 2.19. The van der Waals surface area contributed by atoms with Gasteiger partial charge in [0.2, 0.25) is 0 Å². The summed E-state index contributed by atoms with van der Waals surface area (Å²) in [6.45, 7) is 0. The maximum absolute atomic E-state index is 11.6. The van der Waals surface area contributed by atoms with Crippen LogP contribution in [0.4, 0.5) is 5.69 Å². The molecule has 2 rings (SSSR count). The molecule has 104 valence electrons. The molecule has 0 radical (unpaired) electrons. The average molecular weight is 332 g/mol. The van der Waals surface area contributed by atoms with E-state index in [2.05, 4.69) is 9.72 Å². The summed E-state index contributed by atoms with van der Waals surface area (Å²) in [6, 6.07) is 6.42. The third-order valence-electron chi connectivity index (χ3n) is 2.58. The first-order chi connectivity index (χ1) is 9.43. The van der Waals surface area contributed by atoms with Crippen LogP contribution in [0.15, 0.2) is 24.3 Å². The third kappa shape index (κ3) is 2.82. The zero-order valence-corrected chi connectivity index (χ0v) is 12.6. The predicted octanol–water partition coefficient (Wildman–Crippen LogP) is 4.08. The quantitative estimate of drug-likeness (QED) is 0.665. The van der Waals surface area contributed by atoms with E-state index in [-0.39, 0.29) is 16.4 Å². The fraction of sp³-hybridized carbons (Fsp3) is 0.0769. The molecule has 0 bridgehead atoms. The molecule has 20 heavy (non-hydrogen) atoms. The SMILES string of the molecule is COC(=O)c1nc(-c2cc(Cl)c(Cl)c(Cl)c2)ccc1N. The van der Waals surface area contributed by atoms with Crippen molar-refractivity contribution < 1.29 is 9.53 Å². The summed E-state index contributed by atoms with van der Waals surface area (Å²) in [7, 11) is 1.26. The van der Waals surface area contributed by atoms with Gasteiger partial charge in [-0.1, -0.05) is 34.8 Å². The van der Waals surface area contributed by atoms with Crippen molar-refractivity contribution in [2.24, 2.45) is 0 Å². The molecule has 2 aromatic rings. The Bertz CT molecular complexity index is 666. The summed E-state index contributed by atoms with van der Waals surface area (Å²) >= 11 is 17.8. The molecule has 1 aromatic heterocycles. The Kier molecular flexibility index (Phi) is 4.38. The number of aromatic nitrogens is 1. The van der Waals surface area contributed by atoms with E-state index in [9.17, 15) is 4.79 Å². The smallest absolute Gasteiger partial charge is 0.358 e. The second-order valence-corrected chi connectivity index (χ2v) is 5.07. The van der Waals surface area contributed by atoms with Crippen molar-refractivity contribution in [3.63, 3.8) is 0 Å². The molecule has 1 heterocycles. The largest absolute Gasteiger partial charge is 0.464 e. The maximum Gasteiger partial charge on any atom is 0.358 e. The van der Waals surface area contributed by atoms with Gasteiger partial charge < -0.3 is 10.5 Å². The van der Waals surface area contributed by atoms with Crippen LogP contribution in [0.1, 0.15) is 10.5 Å². The van der Waals surface area contributed by atoms with E-state index in [4.69, 9.17) is 40.5 Å². The number of halogens is 3. The lowest BCUT2D eigenvalue weighted by atomic mass is 10.1. The van der Waals surface area contributed by atoms with Gasteiger partial charge in [-0.25, -0.2) is 9.78 Å². The van der Waals surface area contributed by atoms with Crippen LogP contribution in [0.3, 0.4) is 0 Å². The van der Waals surface area contributed by atoms with Gasteiger partial charge in [-0.3, -0.25) is 0 Å². The number of pyridine rings is 1. The zero-order valence-electron chi connectivity index (χ0n) is 10.3. The summed E-state index contributed by atoms with van der Waals surface area (Å²) in [5.41, 5.74) is 7.06. The van der Waals surface area contributed by atoms with Gasteiger partial charge >= 0.3 is 5.97 Å². The van der Waals surface area contributed by atoms with E-state index in [1.165, 1.54) is 7.11 Å². The number of carbonyl (C=O) groups is 1. The standard InChI is InChI=1S/C13H9Cl3N2O2/c1-20-13(19)12-9(17)2-3-10(18-12)6-4-7(14)11(16)8(15)5-6/h2-5H,17H2,1H3. The van der Waals surface area contributed by atoms with E-state index in [1.54, 1.807) is 24.3 Å². The normalized spacial score (nSPS) is 10.4. The van der Waals surface area contributed by atoms with Crippen LogP contribution in [0, 0.1) is 0 Å². The van der Waals surface area contributed by atoms with Crippen molar-refractivity contribution in [2.75, 3.05) is 12.8 Å². The molecule has 0 saturated carbocycles. The molecule has 2 N–H and O–H groups in total.